The molecule has 0 spiro atoms. The van der Waals surface area contributed by atoms with Crippen LogP contribution in [-0.2, 0) is 4.79 Å². The van der Waals surface area contributed by atoms with E-state index in [-0.39, 0.29) is 5.91 Å². The molecule has 4 heteroatoms. The fraction of sp³-hybridized carbons (Fsp3) is 0.857. The number of aliphatic hydroxyl groups excluding tert-OH is 1. The van der Waals surface area contributed by atoms with E-state index in [0.29, 0.717) is 19.5 Å². The Hall–Kier alpha value is -0.610. The Morgan fingerprint density at radius 1 is 1.64 bits per heavy atom. The predicted octanol–water partition coefficient (Wildman–Crippen LogP) is -0.907. The normalized spacial score (nSPS) is 12.6. The number of carbonyl (C=O) groups is 1. The van der Waals surface area contributed by atoms with Crippen molar-refractivity contribution in [1.82, 2.24) is 10.6 Å². The molecule has 0 unspecified atom stereocenters. The summed E-state index contributed by atoms with van der Waals surface area (Å²) < 4.78 is 0. The SMILES string of the molecule is CNCCC(=O)NC[C@H](C)O. The second-order valence-corrected chi connectivity index (χ2v) is 2.51. The van der Waals surface area contributed by atoms with Gasteiger partial charge in [0.05, 0.1) is 6.10 Å². The van der Waals surface area contributed by atoms with Crippen molar-refractivity contribution < 1.29 is 9.90 Å². The van der Waals surface area contributed by atoms with Crippen molar-refractivity contribution in [3.8, 4) is 0 Å². The van der Waals surface area contributed by atoms with E-state index in [1.807, 2.05) is 0 Å². The lowest BCUT2D eigenvalue weighted by molar-refractivity contribution is -0.121. The molecule has 0 saturated carbocycles. The first-order valence-corrected chi connectivity index (χ1v) is 3.76. The fourth-order valence-corrected chi connectivity index (χ4v) is 0.588. The van der Waals surface area contributed by atoms with Crippen LogP contribution in [0.25, 0.3) is 0 Å². The average Bonchev–Trinajstić information content (AvgIpc) is 1.97. The van der Waals surface area contributed by atoms with Crippen LogP contribution in [0.4, 0.5) is 0 Å². The molecule has 0 aromatic carbocycles. The first-order valence-electron chi connectivity index (χ1n) is 3.76. The van der Waals surface area contributed by atoms with Gasteiger partial charge >= 0.3 is 0 Å². The second kappa shape index (κ2) is 6.12. The van der Waals surface area contributed by atoms with Crippen LogP contribution in [0.15, 0.2) is 0 Å². The molecule has 0 bridgehead atoms. The number of aliphatic hydroxyl groups is 1. The standard InChI is InChI=1S/C7H16N2O2/c1-6(10)5-9-7(11)3-4-8-2/h6,8,10H,3-5H2,1-2H3,(H,9,11)/t6-/m0/s1. The summed E-state index contributed by atoms with van der Waals surface area (Å²) in [5.41, 5.74) is 0. The zero-order valence-electron chi connectivity index (χ0n) is 7.05. The molecule has 0 aliphatic rings. The zero-order chi connectivity index (χ0) is 8.69. The Morgan fingerprint density at radius 2 is 2.27 bits per heavy atom. The van der Waals surface area contributed by atoms with Gasteiger partial charge in [0, 0.05) is 19.5 Å². The van der Waals surface area contributed by atoms with Gasteiger partial charge in [-0.25, -0.2) is 0 Å². The Kier molecular flexibility index (Phi) is 5.78. The largest absolute Gasteiger partial charge is 0.392 e. The third-order valence-electron chi connectivity index (χ3n) is 1.20. The predicted molar refractivity (Wildman–Crippen MR) is 43.2 cm³/mol. The monoisotopic (exact) mass is 160 g/mol. The Balaban J connectivity index is 3.23. The summed E-state index contributed by atoms with van der Waals surface area (Å²) in [5, 5.41) is 14.2. The number of hydrogen-bond acceptors (Lipinski definition) is 3. The quantitative estimate of drug-likeness (QED) is 0.488. The van der Waals surface area contributed by atoms with Crippen molar-refractivity contribution >= 4 is 5.91 Å². The molecule has 0 saturated heterocycles. The van der Waals surface area contributed by atoms with Crippen molar-refractivity contribution in [3.63, 3.8) is 0 Å². The van der Waals surface area contributed by atoms with E-state index in [2.05, 4.69) is 10.6 Å². The first kappa shape index (κ1) is 10.4. The van der Waals surface area contributed by atoms with Crippen LogP contribution in [-0.4, -0.2) is 37.3 Å². The van der Waals surface area contributed by atoms with Gasteiger partial charge in [0.15, 0.2) is 0 Å². The highest BCUT2D eigenvalue weighted by atomic mass is 16.3. The molecule has 0 aromatic rings. The zero-order valence-corrected chi connectivity index (χ0v) is 7.05. The molecule has 0 aliphatic heterocycles. The summed E-state index contributed by atoms with van der Waals surface area (Å²) in [5.74, 6) is -0.0275. The Morgan fingerprint density at radius 3 is 2.73 bits per heavy atom. The van der Waals surface area contributed by atoms with E-state index in [1.54, 1.807) is 14.0 Å². The highest BCUT2D eigenvalue weighted by Crippen LogP contribution is 1.79. The van der Waals surface area contributed by atoms with Gasteiger partial charge in [0.1, 0.15) is 0 Å². The van der Waals surface area contributed by atoms with Crippen LogP contribution in [0, 0.1) is 0 Å². The number of nitrogens with one attached hydrogen (secondary N) is 2. The summed E-state index contributed by atoms with van der Waals surface area (Å²) in [6.45, 7) is 2.65. The van der Waals surface area contributed by atoms with Gasteiger partial charge in [-0.3, -0.25) is 4.79 Å². The summed E-state index contributed by atoms with van der Waals surface area (Å²) in [7, 11) is 1.79. The van der Waals surface area contributed by atoms with E-state index in [4.69, 9.17) is 5.11 Å². The molecule has 11 heavy (non-hydrogen) atoms. The average molecular weight is 160 g/mol. The van der Waals surface area contributed by atoms with Crippen molar-refractivity contribution in [2.75, 3.05) is 20.1 Å². The molecule has 0 fully saturated rings. The maximum absolute atomic E-state index is 10.8. The first-order chi connectivity index (χ1) is 5.16. The lowest BCUT2D eigenvalue weighted by Gasteiger charge is -2.06. The van der Waals surface area contributed by atoms with Gasteiger partial charge in [-0.15, -0.1) is 0 Å². The van der Waals surface area contributed by atoms with Crippen LogP contribution in [0.2, 0.25) is 0 Å². The maximum Gasteiger partial charge on any atom is 0.221 e. The van der Waals surface area contributed by atoms with Crippen LogP contribution in [0.5, 0.6) is 0 Å². The summed E-state index contributed by atoms with van der Waals surface area (Å²) in [6, 6.07) is 0. The van der Waals surface area contributed by atoms with E-state index in [9.17, 15) is 4.79 Å². The molecule has 1 atom stereocenters. The highest BCUT2D eigenvalue weighted by molar-refractivity contribution is 5.76. The molecule has 0 aromatic heterocycles. The van der Waals surface area contributed by atoms with Gasteiger partial charge in [0.2, 0.25) is 5.91 Å². The third-order valence-corrected chi connectivity index (χ3v) is 1.20. The van der Waals surface area contributed by atoms with E-state index in [1.165, 1.54) is 0 Å². The third kappa shape index (κ3) is 7.29. The lowest BCUT2D eigenvalue weighted by Crippen LogP contribution is -2.32. The minimum Gasteiger partial charge on any atom is -0.392 e. The summed E-state index contributed by atoms with van der Waals surface area (Å²) in [4.78, 5) is 10.8. The highest BCUT2D eigenvalue weighted by Gasteiger charge is 2.00. The van der Waals surface area contributed by atoms with Gasteiger partial charge < -0.3 is 15.7 Å². The Labute approximate surface area is 67.0 Å². The molecule has 0 aliphatic carbocycles. The number of amides is 1. The summed E-state index contributed by atoms with van der Waals surface area (Å²) >= 11 is 0. The van der Waals surface area contributed by atoms with Gasteiger partial charge in [-0.1, -0.05) is 0 Å². The van der Waals surface area contributed by atoms with Crippen LogP contribution < -0.4 is 10.6 Å². The maximum atomic E-state index is 10.8. The van der Waals surface area contributed by atoms with E-state index < -0.39 is 6.10 Å². The topological polar surface area (TPSA) is 61.4 Å². The lowest BCUT2D eigenvalue weighted by atomic mass is 10.3. The molecule has 0 radical (unpaired) electrons. The van der Waals surface area contributed by atoms with Crippen LogP contribution in [0.3, 0.4) is 0 Å². The van der Waals surface area contributed by atoms with Crippen molar-refractivity contribution in [2.24, 2.45) is 0 Å². The molecule has 3 N–H and O–H groups in total. The number of carbonyl (C=O) groups excluding carboxylic acids is 1. The van der Waals surface area contributed by atoms with E-state index >= 15 is 0 Å². The molecule has 0 heterocycles. The van der Waals surface area contributed by atoms with Crippen LogP contribution in [0.1, 0.15) is 13.3 Å². The van der Waals surface area contributed by atoms with E-state index in [0.717, 1.165) is 0 Å². The minimum absolute atomic E-state index is 0.0275. The van der Waals surface area contributed by atoms with Crippen molar-refractivity contribution in [2.45, 2.75) is 19.4 Å². The Bertz CT molecular complexity index is 115. The molecule has 66 valence electrons. The molecular weight excluding hydrogens is 144 g/mol. The van der Waals surface area contributed by atoms with Gasteiger partial charge in [-0.2, -0.15) is 0 Å². The minimum atomic E-state index is -0.464. The van der Waals surface area contributed by atoms with Crippen LogP contribution >= 0.6 is 0 Å². The molecule has 4 nitrogen and oxygen atoms in total. The number of hydrogen-bond donors (Lipinski definition) is 3. The fourth-order valence-electron chi connectivity index (χ4n) is 0.588. The van der Waals surface area contributed by atoms with Gasteiger partial charge in [-0.05, 0) is 14.0 Å². The van der Waals surface area contributed by atoms with Crippen molar-refractivity contribution in [3.05, 3.63) is 0 Å². The molecule has 1 amide bonds. The van der Waals surface area contributed by atoms with Crippen molar-refractivity contribution in [1.29, 1.82) is 0 Å². The number of rotatable bonds is 5. The smallest absolute Gasteiger partial charge is 0.221 e. The molecular formula is C7H16N2O2. The molecule has 0 rings (SSSR count). The van der Waals surface area contributed by atoms with Gasteiger partial charge in [0.25, 0.3) is 0 Å². The summed E-state index contributed by atoms with van der Waals surface area (Å²) in [6.07, 6.45) is -0.00279. The second-order valence-electron chi connectivity index (χ2n) is 2.51.